The Kier molecular flexibility index (Phi) is 3.15. The number of hydrogen-bond acceptors (Lipinski definition) is 3. The lowest BCUT2D eigenvalue weighted by atomic mass is 10.2. The molecule has 1 amide bonds. The van der Waals surface area contributed by atoms with Gasteiger partial charge in [0.1, 0.15) is 5.69 Å². The molecule has 0 saturated carbocycles. The second-order valence-corrected chi connectivity index (χ2v) is 4.70. The maximum atomic E-state index is 12.4. The molecule has 0 radical (unpaired) electrons. The highest BCUT2D eigenvalue weighted by Crippen LogP contribution is 2.27. The number of carbonyl (C=O) groups is 1. The summed E-state index contributed by atoms with van der Waals surface area (Å²) in [7, 11) is 0. The first-order chi connectivity index (χ1) is 9.95. The highest BCUT2D eigenvalue weighted by molar-refractivity contribution is 5.93. The number of nitrogens with zero attached hydrogens (tertiary/aromatic N) is 4. The minimum atomic E-state index is -4.50. The smallest absolute Gasteiger partial charge is 0.331 e. The molecule has 1 aliphatic heterocycles. The number of rotatable bonds is 1. The standard InChI is InChI=1S/C13H11F3N4O/c14-13(15,16)11-2-1-9(7-17-11)12(21)19-5-6-20-10(8-19)3-4-18-20/h1-4,7H,5-6,8H2. The zero-order valence-corrected chi connectivity index (χ0v) is 10.8. The van der Waals surface area contributed by atoms with E-state index >= 15 is 0 Å². The van der Waals surface area contributed by atoms with Crippen LogP contribution in [0.2, 0.25) is 0 Å². The third kappa shape index (κ3) is 2.61. The molecule has 2 aromatic rings. The lowest BCUT2D eigenvalue weighted by Crippen LogP contribution is -2.38. The van der Waals surface area contributed by atoms with Gasteiger partial charge in [-0.25, -0.2) is 0 Å². The lowest BCUT2D eigenvalue weighted by Gasteiger charge is -2.27. The Bertz CT molecular complexity index is 663. The van der Waals surface area contributed by atoms with Crippen LogP contribution in [-0.2, 0) is 19.3 Å². The van der Waals surface area contributed by atoms with Gasteiger partial charge in [-0.3, -0.25) is 14.5 Å². The van der Waals surface area contributed by atoms with Crippen molar-refractivity contribution in [1.82, 2.24) is 19.7 Å². The number of carbonyl (C=O) groups excluding carboxylic acids is 1. The first-order valence-corrected chi connectivity index (χ1v) is 6.28. The fraction of sp³-hybridized carbons (Fsp3) is 0.308. The maximum absolute atomic E-state index is 12.4. The summed E-state index contributed by atoms with van der Waals surface area (Å²) >= 11 is 0. The Hall–Kier alpha value is -2.38. The molecule has 0 bridgehead atoms. The topological polar surface area (TPSA) is 51.0 Å². The highest BCUT2D eigenvalue weighted by Gasteiger charge is 2.32. The molecule has 3 heterocycles. The summed E-state index contributed by atoms with van der Waals surface area (Å²) in [5.41, 5.74) is 0.0428. The molecule has 2 aromatic heterocycles. The third-order valence-corrected chi connectivity index (χ3v) is 3.33. The van der Waals surface area contributed by atoms with Crippen molar-refractivity contribution in [2.75, 3.05) is 6.54 Å². The van der Waals surface area contributed by atoms with Gasteiger partial charge < -0.3 is 4.90 Å². The summed E-state index contributed by atoms with van der Waals surface area (Å²) in [6, 6.07) is 3.79. The van der Waals surface area contributed by atoms with Crippen LogP contribution < -0.4 is 0 Å². The second kappa shape index (κ2) is 4.87. The Balaban J connectivity index is 1.77. The van der Waals surface area contributed by atoms with Crippen LogP contribution in [0.1, 0.15) is 21.7 Å². The largest absolute Gasteiger partial charge is 0.433 e. The summed E-state index contributed by atoms with van der Waals surface area (Å²) in [4.78, 5) is 17.1. The van der Waals surface area contributed by atoms with E-state index in [0.29, 0.717) is 19.6 Å². The summed E-state index contributed by atoms with van der Waals surface area (Å²) in [5.74, 6) is -0.330. The summed E-state index contributed by atoms with van der Waals surface area (Å²) < 4.78 is 39.1. The highest BCUT2D eigenvalue weighted by atomic mass is 19.4. The number of fused-ring (bicyclic) bond motifs is 1. The number of pyridine rings is 1. The normalized spacial score (nSPS) is 14.9. The molecule has 21 heavy (non-hydrogen) atoms. The number of halogens is 3. The molecule has 0 N–H and O–H groups in total. The molecule has 1 aliphatic rings. The van der Waals surface area contributed by atoms with Gasteiger partial charge >= 0.3 is 6.18 Å². The van der Waals surface area contributed by atoms with Crippen LogP contribution in [0.15, 0.2) is 30.6 Å². The minimum absolute atomic E-state index is 0.149. The van der Waals surface area contributed by atoms with E-state index in [-0.39, 0.29) is 11.5 Å². The Morgan fingerprint density at radius 3 is 2.67 bits per heavy atom. The van der Waals surface area contributed by atoms with Gasteiger partial charge in [-0.2, -0.15) is 18.3 Å². The van der Waals surface area contributed by atoms with E-state index in [1.807, 2.05) is 6.07 Å². The van der Waals surface area contributed by atoms with E-state index < -0.39 is 11.9 Å². The van der Waals surface area contributed by atoms with E-state index in [2.05, 4.69) is 10.1 Å². The maximum Gasteiger partial charge on any atom is 0.433 e. The summed E-state index contributed by atoms with van der Waals surface area (Å²) in [6.45, 7) is 1.43. The predicted molar refractivity (Wildman–Crippen MR) is 66.2 cm³/mol. The minimum Gasteiger partial charge on any atom is -0.331 e. The molecule has 110 valence electrons. The molecular formula is C13H11F3N4O. The predicted octanol–water partition coefficient (Wildman–Crippen LogP) is 1.95. The zero-order chi connectivity index (χ0) is 15.0. The molecule has 8 heteroatoms. The molecular weight excluding hydrogens is 285 g/mol. The zero-order valence-electron chi connectivity index (χ0n) is 10.8. The van der Waals surface area contributed by atoms with E-state index in [1.54, 1.807) is 15.8 Å². The van der Waals surface area contributed by atoms with Crippen molar-refractivity contribution >= 4 is 5.91 Å². The fourth-order valence-electron chi connectivity index (χ4n) is 2.23. The van der Waals surface area contributed by atoms with Crippen molar-refractivity contribution in [3.63, 3.8) is 0 Å². The first-order valence-electron chi connectivity index (χ1n) is 6.28. The van der Waals surface area contributed by atoms with Crippen LogP contribution in [0, 0.1) is 0 Å². The molecule has 0 unspecified atom stereocenters. The van der Waals surface area contributed by atoms with Gasteiger partial charge in [-0.1, -0.05) is 0 Å². The van der Waals surface area contributed by atoms with Gasteiger partial charge in [0.25, 0.3) is 5.91 Å². The van der Waals surface area contributed by atoms with Crippen molar-refractivity contribution in [1.29, 1.82) is 0 Å². The summed E-state index contributed by atoms with van der Waals surface area (Å²) in [6.07, 6.45) is -1.88. The molecule has 0 atom stereocenters. The van der Waals surface area contributed by atoms with Crippen LogP contribution in [-0.4, -0.2) is 32.1 Å². The van der Waals surface area contributed by atoms with Gasteiger partial charge in [0.15, 0.2) is 0 Å². The number of aromatic nitrogens is 3. The number of hydrogen-bond donors (Lipinski definition) is 0. The fourth-order valence-corrected chi connectivity index (χ4v) is 2.23. The lowest BCUT2D eigenvalue weighted by molar-refractivity contribution is -0.141. The van der Waals surface area contributed by atoms with Crippen molar-refractivity contribution in [3.05, 3.63) is 47.5 Å². The molecule has 0 saturated heterocycles. The average molecular weight is 296 g/mol. The van der Waals surface area contributed by atoms with Crippen molar-refractivity contribution < 1.29 is 18.0 Å². The van der Waals surface area contributed by atoms with E-state index in [1.165, 1.54) is 0 Å². The van der Waals surface area contributed by atoms with E-state index in [4.69, 9.17) is 0 Å². The number of amides is 1. The molecule has 0 aromatic carbocycles. The molecule has 3 rings (SSSR count). The Labute approximate surface area is 118 Å². The van der Waals surface area contributed by atoms with Crippen LogP contribution in [0.5, 0.6) is 0 Å². The quantitative estimate of drug-likeness (QED) is 0.808. The van der Waals surface area contributed by atoms with Gasteiger partial charge in [0, 0.05) is 18.9 Å². The summed E-state index contributed by atoms with van der Waals surface area (Å²) in [5, 5.41) is 4.10. The van der Waals surface area contributed by atoms with Gasteiger partial charge in [-0.05, 0) is 18.2 Å². The van der Waals surface area contributed by atoms with Crippen LogP contribution in [0.3, 0.4) is 0 Å². The van der Waals surface area contributed by atoms with Crippen LogP contribution in [0.4, 0.5) is 13.2 Å². The van der Waals surface area contributed by atoms with Gasteiger partial charge in [0.05, 0.1) is 24.3 Å². The monoisotopic (exact) mass is 296 g/mol. The van der Waals surface area contributed by atoms with E-state index in [0.717, 1.165) is 24.0 Å². The number of alkyl halides is 3. The van der Waals surface area contributed by atoms with Gasteiger partial charge in [0.2, 0.25) is 0 Å². The van der Waals surface area contributed by atoms with Crippen LogP contribution in [0.25, 0.3) is 0 Å². The second-order valence-electron chi connectivity index (χ2n) is 4.70. The van der Waals surface area contributed by atoms with Crippen LogP contribution >= 0.6 is 0 Å². The van der Waals surface area contributed by atoms with Crippen molar-refractivity contribution in [3.8, 4) is 0 Å². The van der Waals surface area contributed by atoms with E-state index in [9.17, 15) is 18.0 Å². The van der Waals surface area contributed by atoms with Crippen molar-refractivity contribution in [2.45, 2.75) is 19.3 Å². The molecule has 5 nitrogen and oxygen atoms in total. The van der Waals surface area contributed by atoms with Crippen molar-refractivity contribution in [2.24, 2.45) is 0 Å². The molecule has 0 spiro atoms. The molecule has 0 fully saturated rings. The van der Waals surface area contributed by atoms with Gasteiger partial charge in [-0.15, -0.1) is 0 Å². The third-order valence-electron chi connectivity index (χ3n) is 3.33. The average Bonchev–Trinajstić information content (AvgIpc) is 2.93. The SMILES string of the molecule is O=C(c1ccc(C(F)(F)F)nc1)N1CCn2nccc2C1. The molecule has 0 aliphatic carbocycles. The Morgan fingerprint density at radius 2 is 2.00 bits per heavy atom. The first kappa shape index (κ1) is 13.6. The Morgan fingerprint density at radius 1 is 1.19 bits per heavy atom.